The van der Waals surface area contributed by atoms with Crippen molar-refractivity contribution < 1.29 is 47.7 Å². The summed E-state index contributed by atoms with van der Waals surface area (Å²) < 4.78 is 21.8. The van der Waals surface area contributed by atoms with Gasteiger partial charge in [-0.1, -0.05) is 11.3 Å². The van der Waals surface area contributed by atoms with Crippen molar-refractivity contribution in [2.45, 2.75) is 10.8 Å². The zero-order valence-electron chi connectivity index (χ0n) is 17.5. The summed E-state index contributed by atoms with van der Waals surface area (Å²) in [6.07, 6.45) is -0.222. The molecule has 0 radical (unpaired) electrons. The predicted molar refractivity (Wildman–Crippen MR) is 113 cm³/mol. The third-order valence-corrected chi connectivity index (χ3v) is 5.90. The number of amides is 2. The largest absolute Gasteiger partial charge is 0.480 e. The van der Waals surface area contributed by atoms with Gasteiger partial charge in [0, 0.05) is 26.1 Å². The maximum Gasteiger partial charge on any atom is 0.317 e. The van der Waals surface area contributed by atoms with E-state index in [4.69, 9.17) is 20.5 Å². The molecular weight excluding hydrogens is 502 g/mol. The van der Waals surface area contributed by atoms with Crippen molar-refractivity contribution in [1.82, 2.24) is 25.3 Å². The quantitative estimate of drug-likeness (QED) is 0.114. The Balaban J connectivity index is 2.52. The van der Waals surface area contributed by atoms with E-state index in [1.54, 1.807) is 0 Å². The second-order valence-corrected chi connectivity index (χ2v) is 9.38. The van der Waals surface area contributed by atoms with Crippen LogP contribution >= 0.6 is 11.3 Å². The molecule has 7 N–H and O–H groups in total. The minimum atomic E-state index is -4.06. The summed E-state index contributed by atoms with van der Waals surface area (Å²) >= 11 is 0.543. The van der Waals surface area contributed by atoms with Gasteiger partial charge in [0.1, 0.15) is 0 Å². The van der Waals surface area contributed by atoms with Gasteiger partial charge in [-0.05, 0) is 0 Å². The number of carbonyl (C=O) groups is 5. The number of aliphatic carboxylic acids is 3. The lowest BCUT2D eigenvalue weighted by Gasteiger charge is -2.24. The molecule has 0 saturated heterocycles. The summed E-state index contributed by atoms with van der Waals surface area (Å²) in [5.41, 5.74) is 0. The monoisotopic (exact) mass is 525 g/mol. The number of rotatable bonds is 16. The van der Waals surface area contributed by atoms with Crippen LogP contribution in [0.1, 0.15) is 6.42 Å². The third-order valence-electron chi connectivity index (χ3n) is 3.75. The first-order valence-corrected chi connectivity index (χ1v) is 11.7. The van der Waals surface area contributed by atoms with E-state index < -0.39 is 70.3 Å². The number of primary sulfonamides is 1. The summed E-state index contributed by atoms with van der Waals surface area (Å²) in [6.45, 7) is -2.50. The molecule has 19 heteroatoms. The van der Waals surface area contributed by atoms with Crippen molar-refractivity contribution in [3.63, 3.8) is 0 Å². The number of anilines is 1. The topological polar surface area (TPSA) is 263 Å². The van der Waals surface area contributed by atoms with Gasteiger partial charge in [-0.15, -0.1) is 10.2 Å². The van der Waals surface area contributed by atoms with E-state index in [2.05, 4.69) is 20.8 Å². The number of carbonyl (C=O) groups excluding carboxylic acids is 2. The molecule has 0 fully saturated rings. The maximum atomic E-state index is 12.1. The van der Waals surface area contributed by atoms with Crippen LogP contribution in [0, 0.1) is 0 Å². The van der Waals surface area contributed by atoms with Crippen molar-refractivity contribution >= 4 is 56.2 Å². The highest BCUT2D eigenvalue weighted by atomic mass is 32.2. The Morgan fingerprint density at radius 3 is 1.79 bits per heavy atom. The number of hydrogen-bond acceptors (Lipinski definition) is 12. The predicted octanol–water partition coefficient (Wildman–Crippen LogP) is -3.51. The molecule has 1 heterocycles. The second-order valence-electron chi connectivity index (χ2n) is 6.67. The van der Waals surface area contributed by atoms with Crippen LogP contribution in [0.2, 0.25) is 0 Å². The third kappa shape index (κ3) is 12.1. The first-order valence-electron chi connectivity index (χ1n) is 9.29. The van der Waals surface area contributed by atoms with Crippen LogP contribution in [-0.2, 0) is 34.0 Å². The fraction of sp³-hybridized carbons (Fsp3) is 0.533. The number of aromatic nitrogens is 2. The Hall–Kier alpha value is -3.26. The number of nitrogens with two attached hydrogens (primary N) is 1. The van der Waals surface area contributed by atoms with Gasteiger partial charge in [0.25, 0.3) is 10.0 Å². The molecule has 34 heavy (non-hydrogen) atoms. The second kappa shape index (κ2) is 13.4. The van der Waals surface area contributed by atoms with Gasteiger partial charge in [0.05, 0.1) is 26.2 Å². The number of nitrogens with zero attached hydrogens (tertiary/aromatic N) is 4. The number of nitrogens with one attached hydrogen (secondary N) is 2. The van der Waals surface area contributed by atoms with Crippen molar-refractivity contribution in [3.8, 4) is 0 Å². The average molecular weight is 526 g/mol. The Bertz CT molecular complexity index is 997. The lowest BCUT2D eigenvalue weighted by atomic mass is 10.3. The summed E-state index contributed by atoms with van der Waals surface area (Å²) in [6, 6.07) is 0. The maximum absolute atomic E-state index is 12.1. The number of carboxylic acid groups (broad SMARTS) is 3. The molecule has 2 amide bonds. The highest BCUT2D eigenvalue weighted by molar-refractivity contribution is 7.91. The molecule has 0 aliphatic rings. The normalized spacial score (nSPS) is 11.4. The van der Waals surface area contributed by atoms with Crippen molar-refractivity contribution in [1.29, 1.82) is 0 Å². The Kier molecular flexibility index (Phi) is 11.4. The van der Waals surface area contributed by atoms with Gasteiger partial charge in [-0.25, -0.2) is 13.6 Å². The Morgan fingerprint density at radius 2 is 1.35 bits per heavy atom. The molecule has 0 saturated carbocycles. The summed E-state index contributed by atoms with van der Waals surface area (Å²) in [5, 5.41) is 42.9. The summed E-state index contributed by atoms with van der Waals surface area (Å²) in [5.74, 6) is -5.04. The van der Waals surface area contributed by atoms with Crippen molar-refractivity contribution in [2.75, 3.05) is 51.1 Å². The molecule has 190 valence electrons. The highest BCUT2D eigenvalue weighted by Crippen LogP contribution is 2.18. The summed E-state index contributed by atoms with van der Waals surface area (Å²) in [7, 11) is -4.06. The zero-order chi connectivity index (χ0) is 25.9. The fourth-order valence-electron chi connectivity index (χ4n) is 2.42. The van der Waals surface area contributed by atoms with Gasteiger partial charge < -0.3 is 26.0 Å². The summed E-state index contributed by atoms with van der Waals surface area (Å²) in [4.78, 5) is 59.0. The Morgan fingerprint density at radius 1 is 0.853 bits per heavy atom. The molecule has 0 bridgehead atoms. The van der Waals surface area contributed by atoms with E-state index in [1.165, 1.54) is 4.90 Å². The standard InChI is InChI=1S/C15H23N7O10S2/c16-34(31,32)15-20-19-14(33-15)18-9(23)1-2-17-10(24)5-21(6-11(25)26)3-4-22(7-12(27)28)8-13(29)30/h1-8H2,(H,17,24)(H,25,26)(H,27,28)(H,29,30)(H2,16,31,32)(H,18,19,23). The van der Waals surface area contributed by atoms with Crippen LogP contribution in [0.15, 0.2) is 4.34 Å². The van der Waals surface area contributed by atoms with Gasteiger partial charge in [0.2, 0.25) is 21.3 Å². The minimum Gasteiger partial charge on any atom is -0.480 e. The van der Waals surface area contributed by atoms with Gasteiger partial charge in [-0.2, -0.15) is 0 Å². The van der Waals surface area contributed by atoms with Crippen LogP contribution in [0.5, 0.6) is 0 Å². The molecule has 17 nitrogen and oxygen atoms in total. The highest BCUT2D eigenvalue weighted by Gasteiger charge is 2.19. The fourth-order valence-corrected chi connectivity index (χ4v) is 3.77. The SMILES string of the molecule is NS(=O)(=O)c1nnc(NC(=O)CCNC(=O)CN(CCN(CC(=O)O)CC(=O)O)CC(=O)O)s1. The van der Waals surface area contributed by atoms with E-state index in [-0.39, 0.29) is 31.2 Å². The smallest absolute Gasteiger partial charge is 0.317 e. The van der Waals surface area contributed by atoms with Crippen molar-refractivity contribution in [2.24, 2.45) is 5.14 Å². The lowest BCUT2D eigenvalue weighted by molar-refractivity contribution is -0.143. The van der Waals surface area contributed by atoms with E-state index in [0.29, 0.717) is 11.3 Å². The van der Waals surface area contributed by atoms with Crippen molar-refractivity contribution in [3.05, 3.63) is 0 Å². The molecule has 0 aromatic carbocycles. The molecule has 1 aromatic heterocycles. The van der Waals surface area contributed by atoms with E-state index in [1.807, 2.05) is 0 Å². The van der Waals surface area contributed by atoms with E-state index in [9.17, 15) is 32.4 Å². The number of hydrogen-bond donors (Lipinski definition) is 6. The first-order chi connectivity index (χ1) is 15.8. The molecule has 1 rings (SSSR count). The van der Waals surface area contributed by atoms with E-state index in [0.717, 1.165) is 4.90 Å². The van der Waals surface area contributed by atoms with Crippen LogP contribution in [0.3, 0.4) is 0 Å². The number of carboxylic acids is 3. The molecule has 0 atom stereocenters. The van der Waals surface area contributed by atoms with Gasteiger partial charge >= 0.3 is 17.9 Å². The van der Waals surface area contributed by atoms with Crippen LogP contribution in [0.25, 0.3) is 0 Å². The molecule has 0 spiro atoms. The van der Waals surface area contributed by atoms with Crippen LogP contribution in [-0.4, -0.2) is 119 Å². The minimum absolute atomic E-state index is 0.107. The van der Waals surface area contributed by atoms with Crippen LogP contribution < -0.4 is 15.8 Å². The molecular formula is C15H23N7O10S2. The van der Waals surface area contributed by atoms with Gasteiger partial charge in [-0.3, -0.25) is 33.8 Å². The van der Waals surface area contributed by atoms with E-state index >= 15 is 0 Å². The zero-order valence-corrected chi connectivity index (χ0v) is 19.2. The Labute approximate surface area is 196 Å². The average Bonchev–Trinajstić information content (AvgIpc) is 3.13. The number of sulfonamides is 1. The molecule has 0 aliphatic carbocycles. The molecule has 0 aliphatic heterocycles. The first kappa shape index (κ1) is 28.8. The molecule has 0 unspecified atom stereocenters. The molecule has 1 aromatic rings. The van der Waals surface area contributed by atoms with Gasteiger partial charge in [0.15, 0.2) is 0 Å². The van der Waals surface area contributed by atoms with Crippen LogP contribution in [0.4, 0.5) is 5.13 Å². The lowest BCUT2D eigenvalue weighted by Crippen LogP contribution is -2.45.